The summed E-state index contributed by atoms with van der Waals surface area (Å²) < 4.78 is 14.1. The third kappa shape index (κ3) is 5.82. The van der Waals surface area contributed by atoms with Crippen molar-refractivity contribution in [3.63, 3.8) is 0 Å². The van der Waals surface area contributed by atoms with Gasteiger partial charge in [0.2, 0.25) is 0 Å². The normalized spacial score (nSPS) is 18.4. The number of hydrogen-bond donors (Lipinski definition) is 2. The van der Waals surface area contributed by atoms with Crippen LogP contribution in [0, 0.1) is 11.7 Å². The van der Waals surface area contributed by atoms with Crippen LogP contribution in [0.4, 0.5) is 4.39 Å². The molecule has 0 saturated carbocycles. The molecule has 1 aromatic carbocycles. The summed E-state index contributed by atoms with van der Waals surface area (Å²) in [6.07, 6.45) is 2.55. The molecule has 2 unspecified atom stereocenters. The molecule has 0 aliphatic carbocycles. The molecule has 160 valence electrons. The van der Waals surface area contributed by atoms with Crippen molar-refractivity contribution in [2.75, 3.05) is 13.1 Å². The monoisotopic (exact) mass is 468 g/mol. The topological polar surface area (TPSA) is 58.9 Å². The summed E-state index contributed by atoms with van der Waals surface area (Å²) in [5.41, 5.74) is 1.46. The summed E-state index contributed by atoms with van der Waals surface area (Å²) >= 11 is 13.7. The molecular weight excluding hydrogens is 446 g/mol. The van der Waals surface area contributed by atoms with Crippen molar-refractivity contribution in [3.8, 4) is 11.3 Å². The number of benzene rings is 1. The maximum atomic E-state index is 12.5. The molecule has 1 saturated heterocycles. The first-order valence-corrected chi connectivity index (χ1v) is 11.1. The molecule has 1 fully saturated rings. The number of thiophene rings is 1. The first kappa shape index (κ1) is 22.7. The van der Waals surface area contributed by atoms with Gasteiger partial charge < -0.3 is 10.6 Å². The number of rotatable bonds is 3. The molecule has 3 heterocycles. The van der Waals surface area contributed by atoms with Crippen LogP contribution in [0.1, 0.15) is 23.0 Å². The van der Waals surface area contributed by atoms with Crippen molar-refractivity contribution in [1.29, 1.82) is 0 Å². The van der Waals surface area contributed by atoms with E-state index in [1.807, 2.05) is 0 Å². The molecule has 2 atom stereocenters. The Hall–Kier alpha value is -1.93. The quantitative estimate of drug-likeness (QED) is 0.567. The molecule has 5 nitrogen and oxygen atoms in total. The van der Waals surface area contributed by atoms with E-state index in [0.29, 0.717) is 20.2 Å². The van der Waals surface area contributed by atoms with Crippen molar-refractivity contribution in [1.82, 2.24) is 20.4 Å². The number of nitrogens with zero attached hydrogens (tertiary/aromatic N) is 2. The average Bonchev–Trinajstić information content (AvgIpc) is 3.24. The number of carbonyl (C=O) groups is 1. The second kappa shape index (κ2) is 10.4. The number of carbonyl (C=O) groups excluding carboxylic acids is 1. The summed E-state index contributed by atoms with van der Waals surface area (Å²) in [5.74, 6) is 0.287. The Morgan fingerprint density at radius 3 is 2.60 bits per heavy atom. The van der Waals surface area contributed by atoms with E-state index in [9.17, 15) is 9.18 Å². The van der Waals surface area contributed by atoms with Crippen LogP contribution in [0.25, 0.3) is 11.3 Å². The van der Waals surface area contributed by atoms with E-state index in [-0.39, 0.29) is 17.8 Å². The SMILES string of the molecule is CC1CNCC(NC(=O)c2cc(-c3c(Cl)cnn3C)c(Cl)s2)C1.Fc1ccccc1. The zero-order valence-corrected chi connectivity index (χ0v) is 19.0. The summed E-state index contributed by atoms with van der Waals surface area (Å²) in [5, 5.41) is 11.0. The second-order valence-corrected chi connectivity index (χ2v) is 9.29. The van der Waals surface area contributed by atoms with Gasteiger partial charge in [-0.2, -0.15) is 5.10 Å². The van der Waals surface area contributed by atoms with E-state index >= 15 is 0 Å². The number of aromatic nitrogens is 2. The fraction of sp³-hybridized carbons (Fsp3) is 0.333. The molecule has 4 rings (SSSR count). The maximum absolute atomic E-state index is 12.5. The number of hydrogen-bond acceptors (Lipinski definition) is 4. The first-order chi connectivity index (χ1) is 14.3. The Morgan fingerprint density at radius 2 is 2.03 bits per heavy atom. The van der Waals surface area contributed by atoms with E-state index < -0.39 is 0 Å². The molecule has 30 heavy (non-hydrogen) atoms. The standard InChI is InChI=1S/C15H18Cl2N4OS.C6H5F/c1-8-3-9(6-18-5-8)20-15(22)12-4-10(14(17)23-12)13-11(16)7-19-21(13)2;7-6-4-2-1-3-5-6/h4,7-9,18H,3,5-6H2,1-2H3,(H,20,22);1-5H. The number of aryl methyl sites for hydroxylation is 1. The molecule has 2 N–H and O–H groups in total. The third-order valence-corrected chi connectivity index (χ3v) is 6.33. The van der Waals surface area contributed by atoms with Crippen molar-refractivity contribution in [3.05, 3.63) is 62.6 Å². The van der Waals surface area contributed by atoms with Crippen molar-refractivity contribution < 1.29 is 9.18 Å². The van der Waals surface area contributed by atoms with Gasteiger partial charge in [0, 0.05) is 25.2 Å². The summed E-state index contributed by atoms with van der Waals surface area (Å²) in [6.45, 7) is 3.98. The van der Waals surface area contributed by atoms with Gasteiger partial charge in [-0.05, 0) is 37.1 Å². The van der Waals surface area contributed by atoms with Crippen molar-refractivity contribution in [2.24, 2.45) is 13.0 Å². The van der Waals surface area contributed by atoms with Crippen LogP contribution in [-0.4, -0.2) is 34.8 Å². The van der Waals surface area contributed by atoms with Crippen LogP contribution in [0.5, 0.6) is 0 Å². The smallest absolute Gasteiger partial charge is 0.261 e. The van der Waals surface area contributed by atoms with Crippen LogP contribution in [0.3, 0.4) is 0 Å². The van der Waals surface area contributed by atoms with Gasteiger partial charge in [-0.25, -0.2) is 4.39 Å². The highest BCUT2D eigenvalue weighted by atomic mass is 35.5. The van der Waals surface area contributed by atoms with E-state index in [1.54, 1.807) is 42.2 Å². The van der Waals surface area contributed by atoms with Crippen LogP contribution in [-0.2, 0) is 7.05 Å². The third-order valence-electron chi connectivity index (χ3n) is 4.70. The van der Waals surface area contributed by atoms with E-state index in [2.05, 4.69) is 22.7 Å². The van der Waals surface area contributed by atoms with Gasteiger partial charge in [-0.1, -0.05) is 48.3 Å². The predicted molar refractivity (Wildman–Crippen MR) is 121 cm³/mol. The molecule has 1 aliphatic rings. The Morgan fingerprint density at radius 1 is 1.30 bits per heavy atom. The fourth-order valence-electron chi connectivity index (χ4n) is 3.29. The highest BCUT2D eigenvalue weighted by Gasteiger charge is 2.23. The van der Waals surface area contributed by atoms with Crippen molar-refractivity contribution >= 4 is 40.4 Å². The van der Waals surface area contributed by atoms with E-state index in [4.69, 9.17) is 23.2 Å². The fourth-order valence-corrected chi connectivity index (χ4v) is 4.74. The molecule has 0 bridgehead atoms. The van der Waals surface area contributed by atoms with Gasteiger partial charge >= 0.3 is 0 Å². The molecular formula is C21H23Cl2FN4OS. The van der Waals surface area contributed by atoms with Crippen LogP contribution in [0.15, 0.2) is 42.6 Å². The summed E-state index contributed by atoms with van der Waals surface area (Å²) in [6, 6.07) is 9.87. The Kier molecular flexibility index (Phi) is 7.88. The average molecular weight is 469 g/mol. The van der Waals surface area contributed by atoms with Gasteiger partial charge in [0.05, 0.1) is 21.8 Å². The minimum atomic E-state index is -0.178. The second-order valence-electron chi connectivity index (χ2n) is 7.23. The van der Waals surface area contributed by atoms with Gasteiger partial charge in [-0.15, -0.1) is 11.3 Å². The number of amides is 1. The minimum Gasteiger partial charge on any atom is -0.347 e. The lowest BCUT2D eigenvalue weighted by molar-refractivity contribution is 0.0929. The molecule has 1 aliphatic heterocycles. The van der Waals surface area contributed by atoms with Gasteiger partial charge in [0.1, 0.15) is 10.2 Å². The van der Waals surface area contributed by atoms with E-state index in [1.165, 1.54) is 23.5 Å². The minimum absolute atomic E-state index is 0.0951. The largest absolute Gasteiger partial charge is 0.347 e. The van der Waals surface area contributed by atoms with E-state index in [0.717, 1.165) is 30.8 Å². The molecule has 0 spiro atoms. The Balaban J connectivity index is 0.000000310. The van der Waals surface area contributed by atoms with Crippen molar-refractivity contribution in [2.45, 2.75) is 19.4 Å². The number of nitrogens with one attached hydrogen (secondary N) is 2. The highest BCUT2D eigenvalue weighted by Crippen LogP contribution is 2.38. The lowest BCUT2D eigenvalue weighted by Crippen LogP contribution is -2.48. The first-order valence-electron chi connectivity index (χ1n) is 9.54. The van der Waals surface area contributed by atoms with Crippen LogP contribution in [0.2, 0.25) is 9.36 Å². The van der Waals surface area contributed by atoms with Gasteiger partial charge in [-0.3, -0.25) is 9.48 Å². The van der Waals surface area contributed by atoms with Gasteiger partial charge in [0.15, 0.2) is 0 Å². The zero-order valence-electron chi connectivity index (χ0n) is 16.7. The molecule has 2 aromatic heterocycles. The van der Waals surface area contributed by atoms with Gasteiger partial charge in [0.25, 0.3) is 5.91 Å². The number of halogens is 3. The Labute approximate surface area is 189 Å². The lowest BCUT2D eigenvalue weighted by atomic mass is 9.98. The molecule has 1 amide bonds. The highest BCUT2D eigenvalue weighted by molar-refractivity contribution is 7.18. The lowest BCUT2D eigenvalue weighted by Gasteiger charge is -2.28. The number of piperidine rings is 1. The zero-order chi connectivity index (χ0) is 21.7. The maximum Gasteiger partial charge on any atom is 0.261 e. The van der Waals surface area contributed by atoms with Crippen LogP contribution < -0.4 is 10.6 Å². The predicted octanol–water partition coefficient (Wildman–Crippen LogP) is 5.01. The Bertz CT molecular complexity index is 973. The molecule has 0 radical (unpaired) electrons. The summed E-state index contributed by atoms with van der Waals surface area (Å²) in [7, 11) is 1.80. The van der Waals surface area contributed by atoms with Crippen LogP contribution >= 0.6 is 34.5 Å². The molecule has 9 heteroatoms. The molecule has 3 aromatic rings. The summed E-state index contributed by atoms with van der Waals surface area (Å²) in [4.78, 5) is 13.1.